The van der Waals surface area contributed by atoms with Crippen LogP contribution in [0.1, 0.15) is 24.0 Å². The van der Waals surface area contributed by atoms with Gasteiger partial charge in [-0.25, -0.2) is 10.3 Å². The zero-order valence-corrected chi connectivity index (χ0v) is 8.22. The van der Waals surface area contributed by atoms with E-state index in [1.165, 1.54) is 0 Å². The van der Waals surface area contributed by atoms with Gasteiger partial charge in [0, 0.05) is 5.41 Å². The van der Waals surface area contributed by atoms with Crippen LogP contribution >= 0.6 is 0 Å². The molecule has 0 aliphatic heterocycles. The SMILES string of the molecule is Cc1cccc(C2(CON)CC2)c1F. The minimum Gasteiger partial charge on any atom is -0.304 e. The molecule has 0 heterocycles. The Morgan fingerprint density at radius 2 is 2.21 bits per heavy atom. The van der Waals surface area contributed by atoms with Gasteiger partial charge in [0.15, 0.2) is 0 Å². The van der Waals surface area contributed by atoms with Crippen molar-refractivity contribution in [3.05, 3.63) is 35.1 Å². The predicted octanol–water partition coefficient (Wildman–Crippen LogP) is 2.06. The molecule has 1 aromatic carbocycles. The average molecular weight is 195 g/mol. The van der Waals surface area contributed by atoms with E-state index in [1.807, 2.05) is 12.1 Å². The minimum atomic E-state index is -0.148. The van der Waals surface area contributed by atoms with Crippen LogP contribution in [-0.2, 0) is 10.3 Å². The maximum atomic E-state index is 13.8. The Kier molecular flexibility index (Phi) is 2.29. The van der Waals surface area contributed by atoms with Crippen LogP contribution in [0.4, 0.5) is 4.39 Å². The monoisotopic (exact) mass is 195 g/mol. The van der Waals surface area contributed by atoms with Crippen LogP contribution in [0.25, 0.3) is 0 Å². The Morgan fingerprint density at radius 1 is 1.50 bits per heavy atom. The van der Waals surface area contributed by atoms with Crippen LogP contribution < -0.4 is 5.90 Å². The number of hydrogen-bond donors (Lipinski definition) is 1. The van der Waals surface area contributed by atoms with Crippen LogP contribution in [0.3, 0.4) is 0 Å². The standard InChI is InChI=1S/C11H14FNO/c1-8-3-2-4-9(10(8)12)11(5-6-11)7-14-13/h2-4H,5-7,13H2,1H3. The molecule has 76 valence electrons. The molecule has 0 bridgehead atoms. The van der Waals surface area contributed by atoms with E-state index in [0.29, 0.717) is 12.2 Å². The lowest BCUT2D eigenvalue weighted by molar-refractivity contribution is 0.115. The van der Waals surface area contributed by atoms with Crippen molar-refractivity contribution in [2.75, 3.05) is 6.61 Å². The summed E-state index contributed by atoms with van der Waals surface area (Å²) in [7, 11) is 0. The summed E-state index contributed by atoms with van der Waals surface area (Å²) in [5, 5.41) is 0. The van der Waals surface area contributed by atoms with Crippen LogP contribution in [0.15, 0.2) is 18.2 Å². The quantitative estimate of drug-likeness (QED) is 0.749. The van der Waals surface area contributed by atoms with Gasteiger partial charge in [-0.15, -0.1) is 0 Å². The van der Waals surface area contributed by atoms with E-state index in [2.05, 4.69) is 4.84 Å². The lowest BCUT2D eigenvalue weighted by Crippen LogP contribution is -2.19. The van der Waals surface area contributed by atoms with Crippen molar-refractivity contribution >= 4 is 0 Å². The van der Waals surface area contributed by atoms with Gasteiger partial charge in [-0.1, -0.05) is 18.2 Å². The summed E-state index contributed by atoms with van der Waals surface area (Å²) in [5.74, 6) is 4.95. The first-order valence-electron chi connectivity index (χ1n) is 4.77. The fourth-order valence-electron chi connectivity index (χ4n) is 1.86. The highest BCUT2D eigenvalue weighted by Crippen LogP contribution is 2.49. The van der Waals surface area contributed by atoms with E-state index in [1.54, 1.807) is 13.0 Å². The van der Waals surface area contributed by atoms with E-state index < -0.39 is 0 Å². The lowest BCUT2D eigenvalue weighted by Gasteiger charge is -2.15. The molecule has 1 saturated carbocycles. The first kappa shape index (κ1) is 9.62. The second kappa shape index (κ2) is 3.33. The molecule has 2 rings (SSSR count). The third-order valence-corrected chi connectivity index (χ3v) is 2.98. The van der Waals surface area contributed by atoms with E-state index >= 15 is 0 Å². The van der Waals surface area contributed by atoms with Gasteiger partial charge < -0.3 is 4.84 Å². The molecule has 1 aliphatic rings. The Hall–Kier alpha value is -0.930. The number of benzene rings is 1. The van der Waals surface area contributed by atoms with Crippen molar-refractivity contribution in [1.82, 2.24) is 0 Å². The molecular formula is C11H14FNO. The van der Waals surface area contributed by atoms with Crippen molar-refractivity contribution in [3.63, 3.8) is 0 Å². The number of aryl methyl sites for hydroxylation is 1. The summed E-state index contributed by atoms with van der Waals surface area (Å²) < 4.78 is 13.8. The Labute approximate surface area is 82.8 Å². The van der Waals surface area contributed by atoms with Crippen molar-refractivity contribution < 1.29 is 9.23 Å². The second-order valence-electron chi connectivity index (χ2n) is 4.03. The zero-order chi connectivity index (χ0) is 10.2. The normalized spacial score (nSPS) is 18.2. The Morgan fingerprint density at radius 3 is 2.79 bits per heavy atom. The number of hydrogen-bond acceptors (Lipinski definition) is 2. The summed E-state index contributed by atoms with van der Waals surface area (Å²) in [6, 6.07) is 5.48. The molecule has 2 N–H and O–H groups in total. The van der Waals surface area contributed by atoms with Gasteiger partial charge in [0.25, 0.3) is 0 Å². The van der Waals surface area contributed by atoms with E-state index in [-0.39, 0.29) is 11.2 Å². The van der Waals surface area contributed by atoms with E-state index in [9.17, 15) is 4.39 Å². The van der Waals surface area contributed by atoms with Crippen molar-refractivity contribution in [2.24, 2.45) is 5.90 Å². The third-order valence-electron chi connectivity index (χ3n) is 2.98. The molecule has 0 aromatic heterocycles. The first-order valence-corrected chi connectivity index (χ1v) is 4.77. The van der Waals surface area contributed by atoms with Gasteiger partial charge in [0.1, 0.15) is 5.82 Å². The highest BCUT2D eigenvalue weighted by Gasteiger charge is 2.46. The summed E-state index contributed by atoms with van der Waals surface area (Å²) >= 11 is 0. The van der Waals surface area contributed by atoms with E-state index in [0.717, 1.165) is 18.4 Å². The van der Waals surface area contributed by atoms with Gasteiger partial charge in [-0.3, -0.25) is 0 Å². The molecule has 0 saturated heterocycles. The summed E-state index contributed by atoms with van der Waals surface area (Å²) in [6.45, 7) is 2.19. The zero-order valence-electron chi connectivity index (χ0n) is 8.22. The minimum absolute atomic E-state index is 0.109. The molecule has 0 radical (unpaired) electrons. The number of halogens is 1. The van der Waals surface area contributed by atoms with Gasteiger partial charge in [-0.05, 0) is 30.9 Å². The molecule has 1 aliphatic carbocycles. The lowest BCUT2D eigenvalue weighted by atomic mass is 9.95. The van der Waals surface area contributed by atoms with Crippen molar-refractivity contribution in [3.8, 4) is 0 Å². The maximum absolute atomic E-state index is 13.8. The predicted molar refractivity (Wildman–Crippen MR) is 52.2 cm³/mol. The van der Waals surface area contributed by atoms with E-state index in [4.69, 9.17) is 5.90 Å². The molecule has 3 heteroatoms. The number of nitrogens with two attached hydrogens (primary N) is 1. The summed E-state index contributed by atoms with van der Waals surface area (Å²) in [6.07, 6.45) is 1.93. The molecule has 0 atom stereocenters. The highest BCUT2D eigenvalue weighted by atomic mass is 19.1. The Bertz CT molecular complexity index is 347. The third kappa shape index (κ3) is 1.42. The van der Waals surface area contributed by atoms with Crippen LogP contribution in [0.5, 0.6) is 0 Å². The molecule has 0 unspecified atom stereocenters. The molecule has 0 amide bonds. The average Bonchev–Trinajstić information content (AvgIpc) is 2.91. The highest BCUT2D eigenvalue weighted by molar-refractivity contribution is 5.36. The van der Waals surface area contributed by atoms with Crippen molar-refractivity contribution in [2.45, 2.75) is 25.2 Å². The summed E-state index contributed by atoms with van der Waals surface area (Å²) in [5.41, 5.74) is 1.29. The summed E-state index contributed by atoms with van der Waals surface area (Å²) in [4.78, 5) is 4.65. The molecular weight excluding hydrogens is 181 g/mol. The van der Waals surface area contributed by atoms with Gasteiger partial charge >= 0.3 is 0 Å². The topological polar surface area (TPSA) is 35.2 Å². The van der Waals surface area contributed by atoms with Gasteiger partial charge in [0.2, 0.25) is 0 Å². The maximum Gasteiger partial charge on any atom is 0.129 e. The smallest absolute Gasteiger partial charge is 0.129 e. The van der Waals surface area contributed by atoms with Gasteiger partial charge in [0.05, 0.1) is 6.61 Å². The van der Waals surface area contributed by atoms with Gasteiger partial charge in [-0.2, -0.15) is 0 Å². The van der Waals surface area contributed by atoms with Crippen LogP contribution in [0.2, 0.25) is 0 Å². The molecule has 1 fully saturated rings. The fourth-order valence-corrected chi connectivity index (χ4v) is 1.86. The molecule has 0 spiro atoms. The van der Waals surface area contributed by atoms with Crippen LogP contribution in [-0.4, -0.2) is 6.61 Å². The Balaban J connectivity index is 2.37. The molecule has 14 heavy (non-hydrogen) atoms. The largest absolute Gasteiger partial charge is 0.304 e. The number of rotatable bonds is 3. The molecule has 1 aromatic rings. The first-order chi connectivity index (χ1) is 6.69. The second-order valence-corrected chi connectivity index (χ2v) is 4.03. The van der Waals surface area contributed by atoms with Crippen LogP contribution in [0, 0.1) is 12.7 Å². The fraction of sp³-hybridized carbons (Fsp3) is 0.455. The molecule has 2 nitrogen and oxygen atoms in total. The van der Waals surface area contributed by atoms with Crippen molar-refractivity contribution in [1.29, 1.82) is 0 Å².